The monoisotopic (exact) mass is 342 g/mol. The molecule has 1 unspecified atom stereocenters. The summed E-state index contributed by atoms with van der Waals surface area (Å²) in [6, 6.07) is 17.7. The third-order valence-electron chi connectivity index (χ3n) is 3.83. The smallest absolute Gasteiger partial charge is 0.349 e. The number of carbonyl (C=O) groups is 2. The summed E-state index contributed by atoms with van der Waals surface area (Å²) in [5.41, 5.74) is 1.23. The van der Waals surface area contributed by atoms with Gasteiger partial charge in [-0.2, -0.15) is 0 Å². The maximum Gasteiger partial charge on any atom is 0.349 e. The highest BCUT2D eigenvalue weighted by molar-refractivity contribution is 6.03. The molecule has 0 heterocycles. The van der Waals surface area contributed by atoms with Gasteiger partial charge in [0.25, 0.3) is 5.60 Å². The van der Waals surface area contributed by atoms with Crippen LogP contribution in [0.5, 0.6) is 0 Å². The lowest BCUT2D eigenvalue weighted by molar-refractivity contribution is -0.188. The molecular formula is C20H22O5. The van der Waals surface area contributed by atoms with Gasteiger partial charge >= 0.3 is 11.9 Å². The molecule has 0 N–H and O–H groups in total. The van der Waals surface area contributed by atoms with Gasteiger partial charge < -0.3 is 14.2 Å². The summed E-state index contributed by atoms with van der Waals surface area (Å²) in [5.74, 6) is -1.55. The predicted octanol–water partition coefficient (Wildman–Crippen LogP) is 3.37. The minimum absolute atomic E-state index is 0.0828. The van der Waals surface area contributed by atoms with Crippen molar-refractivity contribution in [2.24, 2.45) is 0 Å². The molecule has 0 spiro atoms. The number of methoxy groups -OCH3 is 1. The van der Waals surface area contributed by atoms with E-state index in [1.54, 1.807) is 6.92 Å². The van der Waals surface area contributed by atoms with Crippen molar-refractivity contribution >= 4 is 11.9 Å². The van der Waals surface area contributed by atoms with Crippen LogP contribution >= 0.6 is 0 Å². The van der Waals surface area contributed by atoms with Crippen molar-refractivity contribution in [3.05, 3.63) is 60.2 Å². The number of hydrogen-bond acceptors (Lipinski definition) is 5. The first-order chi connectivity index (χ1) is 12.0. The predicted molar refractivity (Wildman–Crippen MR) is 93.7 cm³/mol. The zero-order valence-electron chi connectivity index (χ0n) is 14.7. The molecule has 2 rings (SSSR count). The zero-order valence-corrected chi connectivity index (χ0v) is 14.7. The van der Waals surface area contributed by atoms with Gasteiger partial charge in [0.2, 0.25) is 0 Å². The van der Waals surface area contributed by atoms with Crippen LogP contribution in [-0.4, -0.2) is 31.3 Å². The zero-order chi connectivity index (χ0) is 18.3. The van der Waals surface area contributed by atoms with Crippen molar-refractivity contribution in [1.82, 2.24) is 0 Å². The summed E-state index contributed by atoms with van der Waals surface area (Å²) in [6.07, 6.45) is 0. The van der Waals surface area contributed by atoms with Crippen LogP contribution in [0.3, 0.4) is 0 Å². The third kappa shape index (κ3) is 4.45. The fourth-order valence-electron chi connectivity index (χ4n) is 2.32. The third-order valence-corrected chi connectivity index (χ3v) is 3.83. The van der Waals surface area contributed by atoms with Crippen molar-refractivity contribution in [3.8, 4) is 11.1 Å². The van der Waals surface area contributed by atoms with Crippen molar-refractivity contribution in [1.29, 1.82) is 0 Å². The van der Waals surface area contributed by atoms with Crippen LogP contribution < -0.4 is 0 Å². The van der Waals surface area contributed by atoms with E-state index >= 15 is 0 Å². The summed E-state index contributed by atoms with van der Waals surface area (Å²) < 4.78 is 15.2. The molecule has 0 aliphatic carbocycles. The van der Waals surface area contributed by atoms with Crippen molar-refractivity contribution in [3.63, 3.8) is 0 Å². The Bertz CT molecular complexity index is 709. The Morgan fingerprint density at radius 3 is 2.08 bits per heavy atom. The van der Waals surface area contributed by atoms with Crippen LogP contribution in [0.2, 0.25) is 0 Å². The van der Waals surface area contributed by atoms with Crippen molar-refractivity contribution < 1.29 is 23.8 Å². The van der Waals surface area contributed by atoms with Gasteiger partial charge in [0, 0.05) is 0 Å². The van der Waals surface area contributed by atoms with Crippen LogP contribution in [0.4, 0.5) is 0 Å². The molecule has 0 bridgehead atoms. The van der Waals surface area contributed by atoms with Crippen LogP contribution in [0.25, 0.3) is 11.1 Å². The molecule has 0 aromatic heterocycles. The first-order valence-corrected chi connectivity index (χ1v) is 8.05. The Balaban J connectivity index is 2.10. The molecule has 1 atom stereocenters. The Morgan fingerprint density at radius 2 is 1.52 bits per heavy atom. The van der Waals surface area contributed by atoms with Crippen LogP contribution in [-0.2, 0) is 30.4 Å². The van der Waals surface area contributed by atoms with Crippen LogP contribution in [0, 0.1) is 0 Å². The van der Waals surface area contributed by atoms with Gasteiger partial charge in [-0.05, 0) is 30.5 Å². The largest absolute Gasteiger partial charge is 0.466 e. The number of rotatable bonds is 7. The topological polar surface area (TPSA) is 61.8 Å². The second-order valence-electron chi connectivity index (χ2n) is 5.60. The standard InChI is InChI=1S/C20H22O5/c1-4-24-19(22)20(2,18(21)23-3)25-14-15-10-12-17(13-11-15)16-8-6-5-7-9-16/h5-13H,4,14H2,1-3H3. The molecule has 0 saturated heterocycles. The second kappa shape index (κ2) is 8.44. The Hall–Kier alpha value is -2.66. The molecule has 0 radical (unpaired) electrons. The van der Waals surface area contributed by atoms with E-state index < -0.39 is 17.5 Å². The molecule has 5 nitrogen and oxygen atoms in total. The molecule has 2 aromatic rings. The lowest BCUT2D eigenvalue weighted by Crippen LogP contribution is -2.48. The number of ether oxygens (including phenoxy) is 3. The van der Waals surface area contributed by atoms with Gasteiger partial charge in [-0.25, -0.2) is 9.59 Å². The summed E-state index contributed by atoms with van der Waals surface area (Å²) in [4.78, 5) is 24.0. The number of benzene rings is 2. The average Bonchev–Trinajstić information content (AvgIpc) is 2.66. The summed E-state index contributed by atoms with van der Waals surface area (Å²) in [6.45, 7) is 3.26. The molecule has 0 aliphatic heterocycles. The van der Waals surface area contributed by atoms with E-state index in [2.05, 4.69) is 4.74 Å². The quantitative estimate of drug-likeness (QED) is 0.570. The molecule has 0 amide bonds. The highest BCUT2D eigenvalue weighted by atomic mass is 16.6. The Morgan fingerprint density at radius 1 is 0.920 bits per heavy atom. The number of carbonyl (C=O) groups excluding carboxylic acids is 2. The molecule has 25 heavy (non-hydrogen) atoms. The maximum absolute atomic E-state index is 12.1. The number of hydrogen-bond donors (Lipinski definition) is 0. The Kier molecular flexibility index (Phi) is 6.31. The van der Waals surface area contributed by atoms with Crippen molar-refractivity contribution in [2.45, 2.75) is 26.1 Å². The molecular weight excluding hydrogens is 320 g/mol. The first kappa shape index (κ1) is 18.7. The minimum atomic E-state index is -1.79. The summed E-state index contributed by atoms with van der Waals surface area (Å²) in [7, 11) is 1.21. The average molecular weight is 342 g/mol. The van der Waals surface area contributed by atoms with Gasteiger partial charge in [0.1, 0.15) is 0 Å². The van der Waals surface area contributed by atoms with E-state index in [-0.39, 0.29) is 13.2 Å². The van der Waals surface area contributed by atoms with Gasteiger partial charge in [-0.15, -0.1) is 0 Å². The van der Waals surface area contributed by atoms with Crippen molar-refractivity contribution in [2.75, 3.05) is 13.7 Å². The van der Waals surface area contributed by atoms with Gasteiger partial charge in [-0.1, -0.05) is 54.6 Å². The number of esters is 2. The van der Waals surface area contributed by atoms with Gasteiger partial charge in [0.05, 0.1) is 20.3 Å². The highest BCUT2D eigenvalue weighted by Crippen LogP contribution is 2.22. The van der Waals surface area contributed by atoms with E-state index in [4.69, 9.17) is 9.47 Å². The van der Waals surface area contributed by atoms with Gasteiger partial charge in [-0.3, -0.25) is 0 Å². The Labute approximate surface area is 147 Å². The molecule has 2 aromatic carbocycles. The van der Waals surface area contributed by atoms with E-state index in [1.807, 2.05) is 54.6 Å². The minimum Gasteiger partial charge on any atom is -0.466 e. The van der Waals surface area contributed by atoms with E-state index in [0.29, 0.717) is 0 Å². The SMILES string of the molecule is CCOC(=O)C(C)(OCc1ccc(-c2ccccc2)cc1)C(=O)OC. The maximum atomic E-state index is 12.1. The molecule has 132 valence electrons. The van der Waals surface area contributed by atoms with Crippen LogP contribution in [0.15, 0.2) is 54.6 Å². The normalized spacial score (nSPS) is 12.9. The van der Waals surface area contributed by atoms with Crippen LogP contribution in [0.1, 0.15) is 19.4 Å². The molecule has 0 fully saturated rings. The second-order valence-corrected chi connectivity index (χ2v) is 5.60. The molecule has 0 saturated carbocycles. The summed E-state index contributed by atoms with van der Waals surface area (Å²) in [5, 5.41) is 0. The van der Waals surface area contributed by atoms with E-state index in [9.17, 15) is 9.59 Å². The highest BCUT2D eigenvalue weighted by Gasteiger charge is 2.45. The first-order valence-electron chi connectivity index (χ1n) is 8.05. The lowest BCUT2D eigenvalue weighted by Gasteiger charge is -2.24. The fourth-order valence-corrected chi connectivity index (χ4v) is 2.32. The molecule has 0 aliphatic rings. The lowest BCUT2D eigenvalue weighted by atomic mass is 10.0. The van der Waals surface area contributed by atoms with E-state index in [0.717, 1.165) is 16.7 Å². The van der Waals surface area contributed by atoms with E-state index in [1.165, 1.54) is 14.0 Å². The fraction of sp³-hybridized carbons (Fsp3) is 0.300. The molecule has 5 heteroatoms. The van der Waals surface area contributed by atoms with Gasteiger partial charge in [0.15, 0.2) is 0 Å². The summed E-state index contributed by atoms with van der Waals surface area (Å²) >= 11 is 0.